The Morgan fingerprint density at radius 3 is 2.63 bits per heavy atom. The maximum absolute atomic E-state index is 12.7. The van der Waals surface area contributed by atoms with Crippen molar-refractivity contribution >= 4 is 34.3 Å². The fourth-order valence-electron chi connectivity index (χ4n) is 3.36. The summed E-state index contributed by atoms with van der Waals surface area (Å²) in [4.78, 5) is 29.3. The number of oxazole rings is 1. The summed E-state index contributed by atoms with van der Waals surface area (Å²) in [6.07, 6.45) is 1.48. The quantitative estimate of drug-likeness (QED) is 0.492. The maximum Gasteiger partial charge on any atom is 0.270 e. The van der Waals surface area contributed by atoms with Crippen molar-refractivity contribution in [3.63, 3.8) is 0 Å². The molecule has 1 aliphatic rings. The summed E-state index contributed by atoms with van der Waals surface area (Å²) >= 11 is 6.08. The molecular weight excluding hydrogens is 370 g/mol. The van der Waals surface area contributed by atoms with E-state index in [0.717, 1.165) is 23.9 Å². The lowest BCUT2D eigenvalue weighted by Crippen LogP contribution is -2.38. The van der Waals surface area contributed by atoms with Crippen molar-refractivity contribution in [3.05, 3.63) is 69.1 Å². The number of nitro benzene ring substituents is 1. The van der Waals surface area contributed by atoms with E-state index >= 15 is 0 Å². The molecule has 0 aliphatic carbocycles. The van der Waals surface area contributed by atoms with Gasteiger partial charge in [-0.1, -0.05) is 23.7 Å². The van der Waals surface area contributed by atoms with Gasteiger partial charge in [-0.25, -0.2) is 4.98 Å². The summed E-state index contributed by atoms with van der Waals surface area (Å²) in [7, 11) is 0. The van der Waals surface area contributed by atoms with Gasteiger partial charge in [0, 0.05) is 31.1 Å². The Hall–Kier alpha value is -2.93. The third kappa shape index (κ3) is 3.38. The number of hydrogen-bond acceptors (Lipinski definition) is 5. The molecule has 7 nitrogen and oxygen atoms in total. The summed E-state index contributed by atoms with van der Waals surface area (Å²) in [6.45, 7) is 1.10. The predicted molar refractivity (Wildman–Crippen MR) is 100.0 cm³/mol. The maximum atomic E-state index is 12.7. The topological polar surface area (TPSA) is 89.5 Å². The Labute approximate surface area is 159 Å². The smallest absolute Gasteiger partial charge is 0.270 e. The fourth-order valence-corrected chi connectivity index (χ4v) is 3.61. The number of nitro groups is 1. The van der Waals surface area contributed by atoms with Gasteiger partial charge in [0.1, 0.15) is 5.52 Å². The Bertz CT molecular complexity index is 992. The zero-order valence-corrected chi connectivity index (χ0v) is 15.1. The number of carbonyl (C=O) groups excluding carboxylic acids is 1. The zero-order valence-electron chi connectivity index (χ0n) is 14.3. The van der Waals surface area contributed by atoms with Crippen LogP contribution < -0.4 is 0 Å². The molecule has 4 rings (SSSR count). The molecule has 1 aromatic heterocycles. The van der Waals surface area contributed by atoms with Gasteiger partial charge in [-0.2, -0.15) is 0 Å². The van der Waals surface area contributed by atoms with Gasteiger partial charge in [-0.3, -0.25) is 14.9 Å². The van der Waals surface area contributed by atoms with Gasteiger partial charge in [0.2, 0.25) is 0 Å². The van der Waals surface area contributed by atoms with Crippen LogP contribution in [0.3, 0.4) is 0 Å². The summed E-state index contributed by atoms with van der Waals surface area (Å²) in [6, 6.07) is 11.6. The van der Waals surface area contributed by atoms with Crippen LogP contribution in [0.25, 0.3) is 11.1 Å². The average molecular weight is 386 g/mol. The van der Waals surface area contributed by atoms with E-state index in [-0.39, 0.29) is 28.1 Å². The molecule has 1 amide bonds. The number of amides is 1. The molecule has 0 N–H and O–H groups in total. The van der Waals surface area contributed by atoms with Gasteiger partial charge in [0.05, 0.1) is 15.5 Å². The summed E-state index contributed by atoms with van der Waals surface area (Å²) in [5.41, 5.74) is 1.75. The molecule has 0 unspecified atom stereocenters. The number of halogens is 1. The van der Waals surface area contributed by atoms with Gasteiger partial charge in [-0.05, 0) is 31.0 Å². The van der Waals surface area contributed by atoms with Crippen molar-refractivity contribution in [2.24, 2.45) is 0 Å². The minimum absolute atomic E-state index is 0.0928. The largest absolute Gasteiger partial charge is 0.440 e. The highest BCUT2D eigenvalue weighted by Crippen LogP contribution is 2.31. The Balaban J connectivity index is 1.45. The van der Waals surface area contributed by atoms with Crippen LogP contribution in [0.1, 0.15) is 35.0 Å². The molecule has 1 aliphatic heterocycles. The zero-order chi connectivity index (χ0) is 19.0. The number of nitrogens with zero attached hydrogens (tertiary/aromatic N) is 3. The van der Waals surface area contributed by atoms with E-state index in [9.17, 15) is 14.9 Å². The molecule has 2 aromatic carbocycles. The van der Waals surface area contributed by atoms with Gasteiger partial charge < -0.3 is 9.32 Å². The van der Waals surface area contributed by atoms with Crippen molar-refractivity contribution < 1.29 is 14.1 Å². The predicted octanol–water partition coefficient (Wildman–Crippen LogP) is 4.41. The number of fused-ring (bicyclic) bond motifs is 1. The lowest BCUT2D eigenvalue weighted by atomic mass is 9.96. The normalized spacial score (nSPS) is 15.2. The number of rotatable bonds is 3. The highest BCUT2D eigenvalue weighted by Gasteiger charge is 2.28. The van der Waals surface area contributed by atoms with Crippen molar-refractivity contribution in [2.75, 3.05) is 13.1 Å². The van der Waals surface area contributed by atoms with Crippen LogP contribution in [-0.2, 0) is 0 Å². The van der Waals surface area contributed by atoms with Crippen molar-refractivity contribution in [1.82, 2.24) is 9.88 Å². The standard InChI is InChI=1S/C19H16ClN3O4/c20-15-11-13(23(25)26)5-6-14(15)19(24)22-9-7-12(8-10-22)18-21-16-3-1-2-4-17(16)27-18/h1-6,11-12H,7-10H2. The molecule has 0 radical (unpaired) electrons. The lowest BCUT2D eigenvalue weighted by molar-refractivity contribution is -0.384. The molecule has 3 aromatic rings. The number of hydrogen-bond donors (Lipinski definition) is 0. The first-order valence-corrected chi connectivity index (χ1v) is 8.99. The van der Waals surface area contributed by atoms with Gasteiger partial charge in [0.25, 0.3) is 11.6 Å². The van der Waals surface area contributed by atoms with Gasteiger partial charge in [-0.15, -0.1) is 0 Å². The average Bonchev–Trinajstić information content (AvgIpc) is 3.11. The molecular formula is C19H16ClN3O4. The number of para-hydroxylation sites is 2. The first-order chi connectivity index (χ1) is 13.0. The molecule has 0 spiro atoms. The second kappa shape index (κ2) is 7.00. The Morgan fingerprint density at radius 2 is 1.96 bits per heavy atom. The van der Waals surface area contributed by atoms with Crippen LogP contribution in [0.5, 0.6) is 0 Å². The molecule has 27 heavy (non-hydrogen) atoms. The van der Waals surface area contributed by atoms with Crippen LogP contribution in [0.4, 0.5) is 5.69 Å². The third-order valence-electron chi connectivity index (χ3n) is 4.84. The second-order valence-corrected chi connectivity index (χ2v) is 6.91. The van der Waals surface area contributed by atoms with E-state index in [1.165, 1.54) is 18.2 Å². The number of carbonyl (C=O) groups is 1. The fraction of sp³-hybridized carbons (Fsp3) is 0.263. The number of benzene rings is 2. The Morgan fingerprint density at radius 1 is 1.22 bits per heavy atom. The van der Waals surface area contributed by atoms with Crippen LogP contribution in [0.15, 0.2) is 46.9 Å². The van der Waals surface area contributed by atoms with Gasteiger partial charge >= 0.3 is 0 Å². The molecule has 1 saturated heterocycles. The van der Waals surface area contributed by atoms with Crippen molar-refractivity contribution in [3.8, 4) is 0 Å². The van der Waals surface area contributed by atoms with E-state index in [4.69, 9.17) is 16.0 Å². The molecule has 0 atom stereocenters. The van der Waals surface area contributed by atoms with Crippen LogP contribution in [0, 0.1) is 10.1 Å². The van der Waals surface area contributed by atoms with E-state index in [2.05, 4.69) is 4.98 Å². The minimum atomic E-state index is -0.536. The second-order valence-electron chi connectivity index (χ2n) is 6.51. The Kier molecular flexibility index (Phi) is 4.53. The highest BCUT2D eigenvalue weighted by molar-refractivity contribution is 6.34. The van der Waals surface area contributed by atoms with Crippen LogP contribution in [-0.4, -0.2) is 33.8 Å². The molecule has 0 bridgehead atoms. The van der Waals surface area contributed by atoms with Crippen molar-refractivity contribution in [2.45, 2.75) is 18.8 Å². The monoisotopic (exact) mass is 385 g/mol. The summed E-state index contributed by atoms with van der Waals surface area (Å²) in [5, 5.41) is 10.9. The third-order valence-corrected chi connectivity index (χ3v) is 5.15. The van der Waals surface area contributed by atoms with Crippen LogP contribution in [0.2, 0.25) is 5.02 Å². The lowest BCUT2D eigenvalue weighted by Gasteiger charge is -2.30. The first kappa shape index (κ1) is 17.5. The summed E-state index contributed by atoms with van der Waals surface area (Å²) < 4.78 is 5.84. The van der Waals surface area contributed by atoms with Crippen LogP contribution >= 0.6 is 11.6 Å². The number of non-ortho nitro benzene ring substituents is 1. The molecule has 0 saturated carbocycles. The van der Waals surface area contributed by atoms with E-state index in [1.807, 2.05) is 24.3 Å². The van der Waals surface area contributed by atoms with E-state index < -0.39 is 4.92 Å². The molecule has 138 valence electrons. The SMILES string of the molecule is O=C(c1ccc([N+](=O)[O-])cc1Cl)N1CCC(c2nc3ccccc3o2)CC1. The minimum Gasteiger partial charge on any atom is -0.440 e. The van der Waals surface area contributed by atoms with E-state index in [0.29, 0.717) is 19.0 Å². The number of piperidine rings is 1. The van der Waals surface area contributed by atoms with Gasteiger partial charge in [0.15, 0.2) is 11.5 Å². The van der Waals surface area contributed by atoms with E-state index in [1.54, 1.807) is 4.90 Å². The summed E-state index contributed by atoms with van der Waals surface area (Å²) in [5.74, 6) is 0.649. The molecule has 2 heterocycles. The number of aromatic nitrogens is 1. The first-order valence-electron chi connectivity index (χ1n) is 8.61. The molecule has 1 fully saturated rings. The number of likely N-dealkylation sites (tertiary alicyclic amines) is 1. The molecule has 8 heteroatoms. The highest BCUT2D eigenvalue weighted by atomic mass is 35.5. The van der Waals surface area contributed by atoms with Crippen molar-refractivity contribution in [1.29, 1.82) is 0 Å².